The summed E-state index contributed by atoms with van der Waals surface area (Å²) in [5, 5.41) is 1.29. The Morgan fingerprint density at radius 1 is 1.06 bits per heavy atom. The van der Waals surface area contributed by atoms with Gasteiger partial charge >= 0.3 is 0 Å². The highest BCUT2D eigenvalue weighted by molar-refractivity contribution is 6.35. The number of benzene rings is 3. The van der Waals surface area contributed by atoms with Crippen LogP contribution >= 0.6 is 23.2 Å². The summed E-state index contributed by atoms with van der Waals surface area (Å²) in [5.74, 6) is 1.64. The molecule has 2 aliphatic heterocycles. The maximum atomic E-state index is 13.2. The van der Waals surface area contributed by atoms with Gasteiger partial charge in [-0.2, -0.15) is 0 Å². The Bertz CT molecular complexity index is 1280. The van der Waals surface area contributed by atoms with Crippen LogP contribution in [0, 0.1) is 13.8 Å². The second-order valence-electron chi connectivity index (χ2n) is 8.54. The number of hydrogen-bond donors (Lipinski definition) is 0. The lowest BCUT2D eigenvalue weighted by Crippen LogP contribution is -2.34. The van der Waals surface area contributed by atoms with Crippen LogP contribution in [0.2, 0.25) is 10.0 Å². The van der Waals surface area contributed by atoms with Crippen molar-refractivity contribution in [1.82, 2.24) is 4.90 Å². The van der Waals surface area contributed by atoms with Gasteiger partial charge in [0.15, 0.2) is 5.76 Å². The van der Waals surface area contributed by atoms with Crippen molar-refractivity contribution >= 4 is 35.1 Å². The second kappa shape index (κ2) is 8.86. The van der Waals surface area contributed by atoms with E-state index in [9.17, 15) is 4.79 Å². The molecule has 0 N–H and O–H groups in total. The Morgan fingerprint density at radius 2 is 1.85 bits per heavy atom. The van der Waals surface area contributed by atoms with Crippen LogP contribution in [0.25, 0.3) is 6.08 Å². The summed E-state index contributed by atoms with van der Waals surface area (Å²) in [6.45, 7) is 5.81. The number of ketones is 1. The number of hydrogen-bond acceptors (Lipinski definition) is 4. The lowest BCUT2D eigenvalue weighted by atomic mass is 9.98. The van der Waals surface area contributed by atoms with Gasteiger partial charge in [-0.1, -0.05) is 59.1 Å². The average Bonchev–Trinajstić information content (AvgIpc) is 3.12. The summed E-state index contributed by atoms with van der Waals surface area (Å²) < 4.78 is 12.2. The van der Waals surface area contributed by atoms with Crippen LogP contribution in [0.3, 0.4) is 0 Å². The van der Waals surface area contributed by atoms with Crippen LogP contribution < -0.4 is 9.47 Å². The third-order valence-corrected chi connectivity index (χ3v) is 6.66. The zero-order chi connectivity index (χ0) is 23.1. The van der Waals surface area contributed by atoms with Gasteiger partial charge < -0.3 is 9.47 Å². The summed E-state index contributed by atoms with van der Waals surface area (Å²) in [7, 11) is 0. The van der Waals surface area contributed by atoms with Crippen molar-refractivity contribution in [3.05, 3.63) is 97.7 Å². The van der Waals surface area contributed by atoms with Crippen molar-refractivity contribution in [2.45, 2.75) is 26.8 Å². The molecule has 3 aromatic rings. The zero-order valence-electron chi connectivity index (χ0n) is 18.5. The fourth-order valence-electron chi connectivity index (χ4n) is 4.24. The van der Waals surface area contributed by atoms with E-state index in [1.165, 1.54) is 5.56 Å². The molecule has 0 fully saturated rings. The summed E-state index contributed by atoms with van der Waals surface area (Å²) in [4.78, 5) is 15.3. The number of carbonyl (C=O) groups is 1. The minimum atomic E-state index is -0.0871. The molecule has 0 aliphatic carbocycles. The van der Waals surface area contributed by atoms with Crippen molar-refractivity contribution in [3.8, 4) is 11.5 Å². The molecule has 4 nitrogen and oxygen atoms in total. The van der Waals surface area contributed by atoms with Gasteiger partial charge in [0.25, 0.3) is 0 Å². The molecule has 2 heterocycles. The highest BCUT2D eigenvalue weighted by Crippen LogP contribution is 2.44. The molecule has 168 valence electrons. The molecule has 3 aromatic carbocycles. The van der Waals surface area contributed by atoms with Crippen LogP contribution in [-0.2, 0) is 13.0 Å². The number of fused-ring (bicyclic) bond motifs is 3. The van der Waals surface area contributed by atoms with E-state index in [1.54, 1.807) is 12.1 Å². The van der Waals surface area contributed by atoms with E-state index >= 15 is 0 Å². The lowest BCUT2D eigenvalue weighted by molar-refractivity contribution is 0.0949. The maximum absolute atomic E-state index is 13.2. The third-order valence-electron chi connectivity index (χ3n) is 6.08. The SMILES string of the molecule is Cc1ccc(/C=C2/Oc3c4c(cc(C)c3C2=O)OCN(CCc2ccc(Cl)cc2Cl)C4)cc1. The highest BCUT2D eigenvalue weighted by atomic mass is 35.5. The number of rotatable bonds is 4. The fraction of sp³-hybridized carbons (Fsp3) is 0.222. The van der Waals surface area contributed by atoms with Gasteiger partial charge in [-0.25, -0.2) is 0 Å². The molecule has 0 atom stereocenters. The normalized spacial score (nSPS) is 16.4. The van der Waals surface area contributed by atoms with E-state index in [2.05, 4.69) is 4.90 Å². The molecule has 0 bridgehead atoms. The summed E-state index contributed by atoms with van der Waals surface area (Å²) in [6, 6.07) is 15.5. The van der Waals surface area contributed by atoms with Crippen LogP contribution in [0.15, 0.2) is 54.3 Å². The summed E-state index contributed by atoms with van der Waals surface area (Å²) >= 11 is 12.3. The van der Waals surface area contributed by atoms with E-state index in [0.717, 1.165) is 41.0 Å². The Balaban J connectivity index is 1.39. The van der Waals surface area contributed by atoms with Gasteiger partial charge in [0.2, 0.25) is 5.78 Å². The fourth-order valence-corrected chi connectivity index (χ4v) is 4.74. The highest BCUT2D eigenvalue weighted by Gasteiger charge is 2.35. The number of ether oxygens (including phenoxy) is 2. The molecule has 0 unspecified atom stereocenters. The van der Waals surface area contributed by atoms with Gasteiger partial charge in [0.1, 0.15) is 18.2 Å². The van der Waals surface area contributed by atoms with E-state index in [4.69, 9.17) is 32.7 Å². The zero-order valence-corrected chi connectivity index (χ0v) is 20.0. The van der Waals surface area contributed by atoms with Crippen molar-refractivity contribution in [2.24, 2.45) is 0 Å². The maximum Gasteiger partial charge on any atom is 0.232 e. The largest absolute Gasteiger partial charge is 0.478 e. The number of halogens is 2. The molecule has 0 spiro atoms. The molecular formula is C27H23Cl2NO3. The summed E-state index contributed by atoms with van der Waals surface area (Å²) in [5.41, 5.74) is 5.53. The monoisotopic (exact) mass is 479 g/mol. The minimum Gasteiger partial charge on any atom is -0.478 e. The number of aryl methyl sites for hydroxylation is 2. The minimum absolute atomic E-state index is 0.0871. The van der Waals surface area contributed by atoms with Crippen LogP contribution in [0.5, 0.6) is 11.5 Å². The molecule has 0 saturated carbocycles. The first-order chi connectivity index (χ1) is 15.9. The first-order valence-electron chi connectivity index (χ1n) is 10.9. The molecule has 0 aromatic heterocycles. The Labute approximate surface area is 203 Å². The van der Waals surface area contributed by atoms with Crippen molar-refractivity contribution in [1.29, 1.82) is 0 Å². The third kappa shape index (κ3) is 4.39. The van der Waals surface area contributed by atoms with Gasteiger partial charge in [0, 0.05) is 23.1 Å². The van der Waals surface area contributed by atoms with Crippen LogP contribution in [-0.4, -0.2) is 24.0 Å². The quantitative estimate of drug-likeness (QED) is 0.394. The average molecular weight is 480 g/mol. The lowest BCUT2D eigenvalue weighted by Gasteiger charge is -2.30. The number of carbonyl (C=O) groups excluding carboxylic acids is 1. The molecule has 0 amide bonds. The Hall–Kier alpha value is -2.79. The second-order valence-corrected chi connectivity index (χ2v) is 9.38. The molecule has 2 aliphatic rings. The first-order valence-corrected chi connectivity index (χ1v) is 11.6. The van der Waals surface area contributed by atoms with Crippen molar-refractivity contribution in [2.75, 3.05) is 13.3 Å². The van der Waals surface area contributed by atoms with E-state index in [1.807, 2.05) is 56.3 Å². The van der Waals surface area contributed by atoms with Crippen molar-refractivity contribution in [3.63, 3.8) is 0 Å². The summed E-state index contributed by atoms with van der Waals surface area (Å²) in [6.07, 6.45) is 2.57. The van der Waals surface area contributed by atoms with Gasteiger partial charge in [-0.3, -0.25) is 9.69 Å². The molecule has 0 radical (unpaired) electrons. The smallest absolute Gasteiger partial charge is 0.232 e. The van der Waals surface area contributed by atoms with Gasteiger partial charge in [-0.15, -0.1) is 0 Å². The number of Topliss-reactive ketones (excluding diaryl/α,β-unsaturated/α-hetero) is 1. The van der Waals surface area contributed by atoms with E-state index in [0.29, 0.717) is 40.4 Å². The number of allylic oxidation sites excluding steroid dienone is 1. The van der Waals surface area contributed by atoms with Crippen LogP contribution in [0.4, 0.5) is 0 Å². The molecule has 33 heavy (non-hydrogen) atoms. The van der Waals surface area contributed by atoms with Gasteiger partial charge in [-0.05, 0) is 61.2 Å². The Kier molecular flexibility index (Phi) is 5.92. The van der Waals surface area contributed by atoms with E-state index in [-0.39, 0.29) is 5.78 Å². The van der Waals surface area contributed by atoms with Gasteiger partial charge in [0.05, 0.1) is 11.1 Å². The van der Waals surface area contributed by atoms with E-state index < -0.39 is 0 Å². The first kappa shape index (κ1) is 22.0. The Morgan fingerprint density at radius 3 is 2.61 bits per heavy atom. The molecule has 0 saturated heterocycles. The van der Waals surface area contributed by atoms with Crippen molar-refractivity contribution < 1.29 is 14.3 Å². The predicted octanol–water partition coefficient (Wildman–Crippen LogP) is 6.62. The number of nitrogens with zero attached hydrogens (tertiary/aromatic N) is 1. The standard InChI is InChI=1S/C27H23Cl2NO3/c1-16-3-5-18(6-4-16)12-24-26(31)25-17(2)11-23-21(27(25)33-24)14-30(15-32-23)10-9-19-7-8-20(28)13-22(19)29/h3-8,11-13H,9-10,14-15H2,1-2H3/b24-12+. The molecule has 5 rings (SSSR count). The van der Waals surface area contributed by atoms with Crippen LogP contribution in [0.1, 0.15) is 38.2 Å². The topological polar surface area (TPSA) is 38.8 Å². The molecule has 6 heteroatoms. The predicted molar refractivity (Wildman–Crippen MR) is 131 cm³/mol. The molecular weight excluding hydrogens is 457 g/mol.